The number of nitriles is 1. The Bertz CT molecular complexity index is 621. The molecule has 0 N–H and O–H groups in total. The SMILES string of the molecule is Cn1ncc(C#N)c1N1CCc2ccccc2C1. The van der Waals surface area contributed by atoms with Crippen LogP contribution in [0.2, 0.25) is 0 Å². The number of nitrogens with zero attached hydrogens (tertiary/aromatic N) is 4. The molecule has 0 fully saturated rings. The minimum atomic E-state index is 0.650. The highest BCUT2D eigenvalue weighted by atomic mass is 15.4. The molecule has 0 bridgehead atoms. The largest absolute Gasteiger partial charge is 0.351 e. The first-order valence-corrected chi connectivity index (χ1v) is 6.03. The standard InChI is InChI=1S/C14H14N4/c1-17-14(13(8-15)9-16-17)18-7-6-11-4-2-3-5-12(11)10-18/h2-5,9H,6-7,10H2,1H3. The fourth-order valence-electron chi connectivity index (χ4n) is 2.56. The highest BCUT2D eigenvalue weighted by Crippen LogP contribution is 2.26. The van der Waals surface area contributed by atoms with Gasteiger partial charge in [0.25, 0.3) is 0 Å². The first-order valence-electron chi connectivity index (χ1n) is 6.03. The Labute approximate surface area is 106 Å². The molecule has 1 aromatic carbocycles. The molecule has 4 heteroatoms. The van der Waals surface area contributed by atoms with Crippen molar-refractivity contribution in [3.05, 3.63) is 47.2 Å². The first kappa shape index (κ1) is 10.8. The molecule has 90 valence electrons. The van der Waals surface area contributed by atoms with Crippen LogP contribution in [0.4, 0.5) is 5.82 Å². The molecule has 4 nitrogen and oxygen atoms in total. The lowest BCUT2D eigenvalue weighted by molar-refractivity contribution is 0.670. The third kappa shape index (κ3) is 1.65. The summed E-state index contributed by atoms with van der Waals surface area (Å²) in [7, 11) is 1.89. The Morgan fingerprint density at radius 1 is 1.28 bits per heavy atom. The van der Waals surface area contributed by atoms with Gasteiger partial charge in [0, 0.05) is 20.1 Å². The van der Waals surface area contributed by atoms with Crippen LogP contribution in [0.15, 0.2) is 30.5 Å². The molecule has 0 spiro atoms. The maximum absolute atomic E-state index is 9.13. The molecule has 3 rings (SSSR count). The second-order valence-electron chi connectivity index (χ2n) is 4.56. The maximum atomic E-state index is 9.13. The topological polar surface area (TPSA) is 44.9 Å². The number of rotatable bonds is 1. The van der Waals surface area contributed by atoms with E-state index in [1.807, 2.05) is 7.05 Å². The molecular formula is C14H14N4. The van der Waals surface area contributed by atoms with E-state index in [2.05, 4.69) is 40.3 Å². The van der Waals surface area contributed by atoms with E-state index in [4.69, 9.17) is 5.26 Å². The molecule has 0 amide bonds. The first-order chi connectivity index (χ1) is 8.79. The van der Waals surface area contributed by atoms with Gasteiger partial charge < -0.3 is 4.90 Å². The van der Waals surface area contributed by atoms with Gasteiger partial charge in [0.05, 0.1) is 6.20 Å². The van der Waals surface area contributed by atoms with Gasteiger partial charge in [-0.1, -0.05) is 24.3 Å². The number of aryl methyl sites for hydroxylation is 1. The average Bonchev–Trinajstić information content (AvgIpc) is 2.79. The normalized spacial score (nSPS) is 14.1. The summed E-state index contributed by atoms with van der Waals surface area (Å²) in [5.41, 5.74) is 3.40. The van der Waals surface area contributed by atoms with E-state index >= 15 is 0 Å². The van der Waals surface area contributed by atoms with Crippen LogP contribution in [0.1, 0.15) is 16.7 Å². The number of fused-ring (bicyclic) bond motifs is 1. The Kier molecular flexibility index (Phi) is 2.52. The van der Waals surface area contributed by atoms with Crippen molar-refractivity contribution in [1.29, 1.82) is 5.26 Å². The second-order valence-corrected chi connectivity index (χ2v) is 4.56. The zero-order valence-corrected chi connectivity index (χ0v) is 10.3. The molecule has 2 heterocycles. The van der Waals surface area contributed by atoms with Gasteiger partial charge in [0.15, 0.2) is 0 Å². The van der Waals surface area contributed by atoms with Crippen LogP contribution in [0.5, 0.6) is 0 Å². The average molecular weight is 238 g/mol. The third-order valence-electron chi connectivity index (χ3n) is 3.46. The van der Waals surface area contributed by atoms with Crippen molar-refractivity contribution in [2.24, 2.45) is 7.05 Å². The third-order valence-corrected chi connectivity index (χ3v) is 3.46. The number of aromatic nitrogens is 2. The van der Waals surface area contributed by atoms with Crippen LogP contribution in [0.25, 0.3) is 0 Å². The quantitative estimate of drug-likeness (QED) is 0.761. The number of anilines is 1. The fourth-order valence-corrected chi connectivity index (χ4v) is 2.56. The van der Waals surface area contributed by atoms with Gasteiger partial charge in [-0.25, -0.2) is 0 Å². The van der Waals surface area contributed by atoms with E-state index in [1.165, 1.54) is 11.1 Å². The van der Waals surface area contributed by atoms with E-state index in [0.29, 0.717) is 5.56 Å². The predicted octanol–water partition coefficient (Wildman–Crippen LogP) is 1.85. The summed E-state index contributed by atoms with van der Waals surface area (Å²) in [6, 6.07) is 10.7. The Hall–Kier alpha value is -2.28. The molecular weight excluding hydrogens is 224 g/mol. The van der Waals surface area contributed by atoms with Crippen molar-refractivity contribution >= 4 is 5.82 Å². The van der Waals surface area contributed by atoms with Gasteiger partial charge in [-0.15, -0.1) is 0 Å². The molecule has 0 saturated heterocycles. The van der Waals surface area contributed by atoms with Gasteiger partial charge in [0.2, 0.25) is 0 Å². The highest BCUT2D eigenvalue weighted by molar-refractivity contribution is 5.55. The number of hydrogen-bond acceptors (Lipinski definition) is 3. The summed E-state index contributed by atoms with van der Waals surface area (Å²) >= 11 is 0. The van der Waals surface area contributed by atoms with E-state index in [0.717, 1.165) is 25.3 Å². The minimum absolute atomic E-state index is 0.650. The summed E-state index contributed by atoms with van der Waals surface area (Å²) in [6.07, 6.45) is 2.65. The Morgan fingerprint density at radius 3 is 2.83 bits per heavy atom. The molecule has 0 unspecified atom stereocenters. The van der Waals surface area contributed by atoms with Crippen molar-refractivity contribution in [1.82, 2.24) is 9.78 Å². The summed E-state index contributed by atoms with van der Waals surface area (Å²) in [5, 5.41) is 13.3. The number of hydrogen-bond donors (Lipinski definition) is 0. The molecule has 0 radical (unpaired) electrons. The fraction of sp³-hybridized carbons (Fsp3) is 0.286. The van der Waals surface area contributed by atoms with Crippen LogP contribution in [-0.4, -0.2) is 16.3 Å². The van der Waals surface area contributed by atoms with Crippen LogP contribution in [0.3, 0.4) is 0 Å². The van der Waals surface area contributed by atoms with Crippen molar-refractivity contribution < 1.29 is 0 Å². The number of benzene rings is 1. The van der Waals surface area contributed by atoms with Crippen molar-refractivity contribution in [3.8, 4) is 6.07 Å². The summed E-state index contributed by atoms with van der Waals surface area (Å²) < 4.78 is 1.78. The monoisotopic (exact) mass is 238 g/mol. The molecule has 1 aliphatic heterocycles. The summed E-state index contributed by atoms with van der Waals surface area (Å²) in [6.45, 7) is 1.79. The van der Waals surface area contributed by atoms with Crippen LogP contribution >= 0.6 is 0 Å². The van der Waals surface area contributed by atoms with Crippen LogP contribution in [-0.2, 0) is 20.0 Å². The predicted molar refractivity (Wildman–Crippen MR) is 69.1 cm³/mol. The molecule has 0 aliphatic carbocycles. The lowest BCUT2D eigenvalue weighted by Crippen LogP contribution is -2.32. The summed E-state index contributed by atoms with van der Waals surface area (Å²) in [4.78, 5) is 2.23. The minimum Gasteiger partial charge on any atom is -0.351 e. The van der Waals surface area contributed by atoms with Crippen molar-refractivity contribution in [2.75, 3.05) is 11.4 Å². The zero-order valence-electron chi connectivity index (χ0n) is 10.3. The second kappa shape index (κ2) is 4.19. The molecule has 2 aromatic rings. The van der Waals surface area contributed by atoms with Gasteiger partial charge in [0.1, 0.15) is 17.5 Å². The maximum Gasteiger partial charge on any atom is 0.144 e. The van der Waals surface area contributed by atoms with Gasteiger partial charge in [-0.3, -0.25) is 4.68 Å². The Morgan fingerprint density at radius 2 is 2.06 bits per heavy atom. The van der Waals surface area contributed by atoms with Gasteiger partial charge in [-0.05, 0) is 17.5 Å². The van der Waals surface area contributed by atoms with Crippen molar-refractivity contribution in [2.45, 2.75) is 13.0 Å². The van der Waals surface area contributed by atoms with Crippen molar-refractivity contribution in [3.63, 3.8) is 0 Å². The van der Waals surface area contributed by atoms with E-state index in [1.54, 1.807) is 10.9 Å². The lowest BCUT2D eigenvalue weighted by atomic mass is 10.00. The van der Waals surface area contributed by atoms with E-state index in [-0.39, 0.29) is 0 Å². The molecule has 1 aromatic heterocycles. The highest BCUT2D eigenvalue weighted by Gasteiger charge is 2.21. The lowest BCUT2D eigenvalue weighted by Gasteiger charge is -2.30. The van der Waals surface area contributed by atoms with Gasteiger partial charge >= 0.3 is 0 Å². The molecule has 0 saturated carbocycles. The van der Waals surface area contributed by atoms with E-state index < -0.39 is 0 Å². The molecule has 0 atom stereocenters. The van der Waals surface area contributed by atoms with E-state index in [9.17, 15) is 0 Å². The smallest absolute Gasteiger partial charge is 0.144 e. The summed E-state index contributed by atoms with van der Waals surface area (Å²) in [5.74, 6) is 0.923. The molecule has 18 heavy (non-hydrogen) atoms. The van der Waals surface area contributed by atoms with Crippen LogP contribution < -0.4 is 4.90 Å². The van der Waals surface area contributed by atoms with Crippen LogP contribution in [0, 0.1) is 11.3 Å². The molecule has 1 aliphatic rings. The van der Waals surface area contributed by atoms with Gasteiger partial charge in [-0.2, -0.15) is 10.4 Å². The zero-order chi connectivity index (χ0) is 12.5. The Balaban J connectivity index is 1.97.